The molecule has 1 amide bonds. The van der Waals surface area contributed by atoms with E-state index in [1.807, 2.05) is 0 Å². The minimum atomic E-state index is -0.983. The first-order valence-corrected chi connectivity index (χ1v) is 8.81. The van der Waals surface area contributed by atoms with Crippen molar-refractivity contribution in [2.24, 2.45) is 0 Å². The number of carbonyl (C=O) groups excluding carboxylic acids is 2. The maximum absolute atomic E-state index is 12.3. The van der Waals surface area contributed by atoms with Gasteiger partial charge >= 0.3 is 5.97 Å². The fourth-order valence-electron chi connectivity index (χ4n) is 2.61. The molecule has 0 fully saturated rings. The third-order valence-electron chi connectivity index (χ3n) is 4.12. The monoisotopic (exact) mass is 399 g/mol. The van der Waals surface area contributed by atoms with Crippen LogP contribution in [0.3, 0.4) is 0 Å². The van der Waals surface area contributed by atoms with E-state index in [9.17, 15) is 9.59 Å². The van der Waals surface area contributed by atoms with Crippen molar-refractivity contribution in [1.29, 1.82) is 0 Å². The van der Waals surface area contributed by atoms with Gasteiger partial charge in [0.2, 0.25) is 6.79 Å². The molecule has 0 bridgehead atoms. The Hall–Kier alpha value is -3.68. The highest BCUT2D eigenvalue weighted by Gasteiger charge is 2.19. The molecule has 0 radical (unpaired) electrons. The number of anilines is 1. The van der Waals surface area contributed by atoms with E-state index in [2.05, 4.69) is 5.32 Å². The number of hydrogen-bond donors (Lipinski definition) is 1. The molecule has 0 aromatic heterocycles. The molecule has 1 heterocycles. The van der Waals surface area contributed by atoms with Crippen LogP contribution in [0, 0.1) is 0 Å². The van der Waals surface area contributed by atoms with Crippen LogP contribution in [0.4, 0.5) is 5.69 Å². The van der Waals surface area contributed by atoms with E-state index in [1.165, 1.54) is 20.1 Å². The van der Waals surface area contributed by atoms with Crippen molar-refractivity contribution in [2.75, 3.05) is 26.3 Å². The Kier molecular flexibility index (Phi) is 6.23. The largest absolute Gasteiger partial charge is 0.493 e. The smallest absolute Gasteiger partial charge is 0.331 e. The van der Waals surface area contributed by atoms with Crippen LogP contribution in [-0.4, -0.2) is 39.0 Å². The van der Waals surface area contributed by atoms with E-state index in [0.717, 1.165) is 5.56 Å². The summed E-state index contributed by atoms with van der Waals surface area (Å²) in [6, 6.07) is 10.2. The van der Waals surface area contributed by atoms with Crippen molar-refractivity contribution in [3.8, 4) is 23.0 Å². The Labute approximate surface area is 168 Å². The van der Waals surface area contributed by atoms with Crippen LogP contribution in [0.25, 0.3) is 6.08 Å². The van der Waals surface area contributed by atoms with Gasteiger partial charge in [0.15, 0.2) is 29.1 Å². The first-order valence-electron chi connectivity index (χ1n) is 8.81. The minimum Gasteiger partial charge on any atom is -0.493 e. The van der Waals surface area contributed by atoms with Gasteiger partial charge in [0, 0.05) is 17.8 Å². The van der Waals surface area contributed by atoms with Crippen molar-refractivity contribution in [3.63, 3.8) is 0 Å². The molecule has 29 heavy (non-hydrogen) atoms. The second kappa shape index (κ2) is 9.01. The van der Waals surface area contributed by atoms with Gasteiger partial charge in [-0.15, -0.1) is 0 Å². The van der Waals surface area contributed by atoms with Gasteiger partial charge in [0.05, 0.1) is 14.2 Å². The molecule has 0 unspecified atom stereocenters. The van der Waals surface area contributed by atoms with Crippen molar-refractivity contribution in [3.05, 3.63) is 48.0 Å². The predicted octanol–water partition coefficient (Wildman–Crippen LogP) is 3.02. The summed E-state index contributed by atoms with van der Waals surface area (Å²) < 4.78 is 26.0. The van der Waals surface area contributed by atoms with E-state index in [1.54, 1.807) is 49.6 Å². The average molecular weight is 399 g/mol. The quantitative estimate of drug-likeness (QED) is 0.565. The third kappa shape index (κ3) is 4.98. The minimum absolute atomic E-state index is 0.146. The van der Waals surface area contributed by atoms with Crippen molar-refractivity contribution in [2.45, 2.75) is 13.0 Å². The first-order chi connectivity index (χ1) is 14.0. The van der Waals surface area contributed by atoms with E-state index in [-0.39, 0.29) is 6.79 Å². The highest BCUT2D eigenvalue weighted by atomic mass is 16.7. The van der Waals surface area contributed by atoms with Gasteiger partial charge in [0.25, 0.3) is 5.91 Å². The molecule has 2 aromatic rings. The summed E-state index contributed by atoms with van der Waals surface area (Å²) in [5.74, 6) is 1.18. The number of benzene rings is 2. The lowest BCUT2D eigenvalue weighted by molar-refractivity contribution is -0.148. The summed E-state index contributed by atoms with van der Waals surface area (Å²) in [6.07, 6.45) is 1.82. The Bertz CT molecular complexity index is 939. The number of ether oxygens (including phenoxy) is 5. The lowest BCUT2D eigenvalue weighted by atomic mass is 10.2. The fourth-order valence-corrected chi connectivity index (χ4v) is 2.61. The van der Waals surface area contributed by atoms with Gasteiger partial charge in [-0.3, -0.25) is 4.79 Å². The van der Waals surface area contributed by atoms with E-state index in [4.69, 9.17) is 23.7 Å². The Morgan fingerprint density at radius 1 is 1.03 bits per heavy atom. The van der Waals surface area contributed by atoms with Crippen LogP contribution in [-0.2, 0) is 14.3 Å². The Morgan fingerprint density at radius 3 is 2.55 bits per heavy atom. The second-order valence-corrected chi connectivity index (χ2v) is 6.08. The number of rotatable bonds is 7. The molecule has 1 atom stereocenters. The lowest BCUT2D eigenvalue weighted by Crippen LogP contribution is -2.29. The number of nitrogens with one attached hydrogen (secondary N) is 1. The van der Waals surface area contributed by atoms with Crippen LogP contribution in [0.2, 0.25) is 0 Å². The molecule has 2 aromatic carbocycles. The third-order valence-corrected chi connectivity index (χ3v) is 4.12. The molecule has 8 heteroatoms. The number of hydrogen-bond acceptors (Lipinski definition) is 7. The molecular weight excluding hydrogens is 378 g/mol. The molecule has 1 N–H and O–H groups in total. The molecule has 1 aliphatic rings. The summed E-state index contributed by atoms with van der Waals surface area (Å²) in [7, 11) is 3.07. The average Bonchev–Trinajstić information content (AvgIpc) is 3.19. The maximum atomic E-state index is 12.3. The van der Waals surface area contributed by atoms with E-state index < -0.39 is 18.0 Å². The fraction of sp³-hybridized carbons (Fsp3) is 0.238. The molecule has 0 aliphatic carbocycles. The summed E-state index contributed by atoms with van der Waals surface area (Å²) in [5.41, 5.74) is 1.24. The van der Waals surface area contributed by atoms with Crippen LogP contribution in [0.15, 0.2) is 42.5 Å². The predicted molar refractivity (Wildman–Crippen MR) is 105 cm³/mol. The van der Waals surface area contributed by atoms with Crippen LogP contribution >= 0.6 is 0 Å². The SMILES string of the molecule is COc1ccc(/C=C/C(=O)O[C@H](C)C(=O)Nc2ccc3c(c2)OCO3)cc1OC. The molecule has 0 saturated heterocycles. The normalized spacial score (nSPS) is 13.1. The number of fused-ring (bicyclic) bond motifs is 1. The number of carbonyl (C=O) groups is 2. The zero-order valence-electron chi connectivity index (χ0n) is 16.3. The summed E-state index contributed by atoms with van der Waals surface area (Å²) in [4.78, 5) is 24.3. The number of esters is 1. The van der Waals surface area contributed by atoms with Crippen LogP contribution < -0.4 is 24.3 Å². The summed E-state index contributed by atoms with van der Waals surface area (Å²) in [6.45, 7) is 1.64. The highest BCUT2D eigenvalue weighted by Crippen LogP contribution is 2.34. The standard InChI is InChI=1S/C21H21NO7/c1-13(21(24)22-15-6-8-17-19(11-15)28-12-27-17)29-20(23)9-5-14-4-7-16(25-2)18(10-14)26-3/h4-11,13H,12H2,1-3H3,(H,22,24)/b9-5+/t13-/m1/s1. The van der Waals surface area contributed by atoms with Gasteiger partial charge < -0.3 is 29.0 Å². The van der Waals surface area contributed by atoms with Gasteiger partial charge in [0.1, 0.15) is 0 Å². The molecular formula is C21H21NO7. The molecule has 8 nitrogen and oxygen atoms in total. The lowest BCUT2D eigenvalue weighted by Gasteiger charge is -2.12. The molecule has 1 aliphatic heterocycles. The Morgan fingerprint density at radius 2 is 1.79 bits per heavy atom. The summed E-state index contributed by atoms with van der Waals surface area (Å²) in [5, 5.41) is 2.67. The second-order valence-electron chi connectivity index (χ2n) is 6.08. The molecule has 0 saturated carbocycles. The van der Waals surface area contributed by atoms with Crippen molar-refractivity contribution < 1.29 is 33.3 Å². The van der Waals surface area contributed by atoms with Gasteiger partial charge in [-0.1, -0.05) is 6.07 Å². The number of methoxy groups -OCH3 is 2. The van der Waals surface area contributed by atoms with Crippen molar-refractivity contribution in [1.82, 2.24) is 0 Å². The van der Waals surface area contributed by atoms with Crippen LogP contribution in [0.1, 0.15) is 12.5 Å². The highest BCUT2D eigenvalue weighted by molar-refractivity contribution is 5.96. The summed E-state index contributed by atoms with van der Waals surface area (Å²) >= 11 is 0. The maximum Gasteiger partial charge on any atom is 0.331 e. The first kappa shape index (κ1) is 20.1. The zero-order chi connectivity index (χ0) is 20.8. The molecule has 0 spiro atoms. The van der Waals surface area contributed by atoms with Gasteiger partial charge in [-0.05, 0) is 42.8 Å². The number of amides is 1. The van der Waals surface area contributed by atoms with E-state index in [0.29, 0.717) is 28.7 Å². The zero-order valence-corrected chi connectivity index (χ0v) is 16.3. The van der Waals surface area contributed by atoms with Gasteiger partial charge in [-0.25, -0.2) is 4.79 Å². The molecule has 3 rings (SSSR count). The Balaban J connectivity index is 1.55. The van der Waals surface area contributed by atoms with Crippen LogP contribution in [0.5, 0.6) is 23.0 Å². The topological polar surface area (TPSA) is 92.3 Å². The van der Waals surface area contributed by atoms with Crippen molar-refractivity contribution >= 4 is 23.6 Å². The molecule has 152 valence electrons. The van der Waals surface area contributed by atoms with E-state index >= 15 is 0 Å². The van der Waals surface area contributed by atoms with Gasteiger partial charge in [-0.2, -0.15) is 0 Å².